The Balaban J connectivity index is 2.72. The Morgan fingerprint density at radius 2 is 1.82 bits per heavy atom. The molecule has 9 nitrogen and oxygen atoms in total. The molecule has 0 saturated heterocycles. The lowest BCUT2D eigenvalue weighted by Crippen LogP contribution is -2.41. The van der Waals surface area contributed by atoms with Gasteiger partial charge in [0.05, 0.1) is 23.7 Å². The number of amides is 1. The van der Waals surface area contributed by atoms with Gasteiger partial charge in [-0.15, -0.1) is 0 Å². The third kappa shape index (κ3) is 7.22. The van der Waals surface area contributed by atoms with Gasteiger partial charge in [0.15, 0.2) is 5.78 Å². The molecule has 28 heavy (non-hydrogen) atoms. The van der Waals surface area contributed by atoms with Gasteiger partial charge >= 0.3 is 6.09 Å². The second-order valence-electron chi connectivity index (χ2n) is 7.38. The van der Waals surface area contributed by atoms with Crippen molar-refractivity contribution in [1.29, 1.82) is 0 Å². The van der Waals surface area contributed by atoms with Gasteiger partial charge in [-0.2, -0.15) is 13.4 Å². The van der Waals surface area contributed by atoms with Crippen LogP contribution in [0, 0.1) is 11.3 Å². The molecule has 1 amide bonds. The Morgan fingerprint density at radius 1 is 1.25 bits per heavy atom. The van der Waals surface area contributed by atoms with E-state index in [-0.39, 0.29) is 36.1 Å². The summed E-state index contributed by atoms with van der Waals surface area (Å²) in [6, 6.07) is 5.13. The average molecular weight is 412 g/mol. The van der Waals surface area contributed by atoms with Gasteiger partial charge in [0, 0.05) is 12.0 Å². The summed E-state index contributed by atoms with van der Waals surface area (Å²) in [5.41, 5.74) is -0.431. The molecule has 1 rings (SSSR count). The Morgan fingerprint density at radius 3 is 2.29 bits per heavy atom. The van der Waals surface area contributed by atoms with Crippen molar-refractivity contribution in [3.63, 3.8) is 0 Å². The van der Waals surface area contributed by atoms with Gasteiger partial charge in [0.2, 0.25) is 6.08 Å². The summed E-state index contributed by atoms with van der Waals surface area (Å²) in [5.74, 6) is -0.716. The summed E-state index contributed by atoms with van der Waals surface area (Å²) in [6.07, 6.45) is 0.0847. The van der Waals surface area contributed by atoms with Crippen LogP contribution in [-0.2, 0) is 23.9 Å². The highest BCUT2D eigenvalue weighted by molar-refractivity contribution is 7.86. The highest BCUT2D eigenvalue weighted by Gasteiger charge is 2.27. The lowest BCUT2D eigenvalue weighted by atomic mass is 9.90. The maximum absolute atomic E-state index is 12.2. The summed E-state index contributed by atoms with van der Waals surface area (Å²) in [6.45, 7) is 6.10. The highest BCUT2D eigenvalue weighted by atomic mass is 32.2. The van der Waals surface area contributed by atoms with Crippen LogP contribution in [0.15, 0.2) is 34.2 Å². The van der Waals surface area contributed by atoms with Crippen molar-refractivity contribution >= 4 is 33.8 Å². The van der Waals surface area contributed by atoms with E-state index in [1.54, 1.807) is 27.7 Å². The van der Waals surface area contributed by atoms with E-state index in [9.17, 15) is 27.9 Å². The van der Waals surface area contributed by atoms with Crippen molar-refractivity contribution in [3.8, 4) is 0 Å². The smallest absolute Gasteiger partial charge is 0.407 e. The number of aliphatic imine (C=N–C) groups is 1. The van der Waals surface area contributed by atoms with Gasteiger partial charge < -0.3 is 10.0 Å². The standard InChI is InChI=1S/C18H24N2O7S/c1-13(9-20(17(23)24)10-16(22)18(2,3)4)11-27-28(25,26)15-7-5-14(6-8-15)19-12-21/h5-8,13H,9-11H2,1-4H3,(H,23,24)/t13-/m0/s1. The van der Waals surface area contributed by atoms with Crippen molar-refractivity contribution in [3.05, 3.63) is 24.3 Å². The lowest BCUT2D eigenvalue weighted by Gasteiger charge is -2.25. The van der Waals surface area contributed by atoms with Crippen molar-refractivity contribution < 1.29 is 32.1 Å². The zero-order valence-corrected chi connectivity index (χ0v) is 17.0. The molecule has 0 aliphatic heterocycles. The molecule has 0 unspecified atom stereocenters. The predicted molar refractivity (Wildman–Crippen MR) is 101 cm³/mol. The van der Waals surface area contributed by atoms with Crippen LogP contribution in [-0.4, -0.2) is 56.1 Å². The number of carbonyl (C=O) groups is 2. The van der Waals surface area contributed by atoms with Gasteiger partial charge in [-0.3, -0.25) is 8.98 Å². The average Bonchev–Trinajstić information content (AvgIpc) is 2.59. The fourth-order valence-corrected chi connectivity index (χ4v) is 3.08. The summed E-state index contributed by atoms with van der Waals surface area (Å²) in [7, 11) is -4.06. The number of isocyanates is 1. The minimum atomic E-state index is -4.06. The largest absolute Gasteiger partial charge is 0.465 e. The third-order valence-electron chi connectivity index (χ3n) is 3.78. The van der Waals surface area contributed by atoms with Crippen molar-refractivity contribution in [2.24, 2.45) is 16.3 Å². The Kier molecular flexibility index (Phi) is 8.04. The van der Waals surface area contributed by atoms with Crippen LogP contribution in [0.25, 0.3) is 0 Å². The quantitative estimate of drug-likeness (QED) is 0.375. The first-order valence-corrected chi connectivity index (χ1v) is 9.86. The van der Waals surface area contributed by atoms with Gasteiger partial charge in [-0.25, -0.2) is 9.59 Å². The zero-order valence-electron chi connectivity index (χ0n) is 16.2. The zero-order chi connectivity index (χ0) is 21.5. The first-order chi connectivity index (χ1) is 12.9. The van der Waals surface area contributed by atoms with Crippen LogP contribution < -0.4 is 0 Å². The van der Waals surface area contributed by atoms with Crippen LogP contribution in [0.2, 0.25) is 0 Å². The van der Waals surface area contributed by atoms with Gasteiger partial charge in [0.1, 0.15) is 0 Å². The van der Waals surface area contributed by atoms with E-state index >= 15 is 0 Å². The van der Waals surface area contributed by atoms with Crippen LogP contribution in [0.3, 0.4) is 0 Å². The van der Waals surface area contributed by atoms with E-state index in [4.69, 9.17) is 4.18 Å². The predicted octanol–water partition coefficient (Wildman–Crippen LogP) is 2.59. The summed E-state index contributed by atoms with van der Waals surface area (Å²) >= 11 is 0. The molecular weight excluding hydrogens is 388 g/mol. The number of rotatable bonds is 9. The normalized spacial score (nSPS) is 12.7. The number of ketones is 1. The first kappa shape index (κ1) is 23.5. The monoisotopic (exact) mass is 412 g/mol. The van der Waals surface area contributed by atoms with E-state index in [1.807, 2.05) is 0 Å². The summed E-state index contributed by atoms with van der Waals surface area (Å²) in [5, 5.41) is 9.29. The Hall–Kier alpha value is -2.55. The molecule has 0 aliphatic carbocycles. The van der Waals surface area contributed by atoms with E-state index in [0.29, 0.717) is 0 Å². The second-order valence-corrected chi connectivity index (χ2v) is 8.99. The van der Waals surface area contributed by atoms with Gasteiger partial charge in [-0.1, -0.05) is 27.7 Å². The molecule has 0 bridgehead atoms. The number of carboxylic acid groups (broad SMARTS) is 1. The molecule has 1 aromatic rings. The van der Waals surface area contributed by atoms with Crippen molar-refractivity contribution in [2.45, 2.75) is 32.6 Å². The summed E-state index contributed by atoms with van der Waals surface area (Å²) in [4.78, 5) is 37.8. The molecule has 0 radical (unpaired) electrons. The van der Waals surface area contributed by atoms with Crippen LogP contribution >= 0.6 is 0 Å². The minimum absolute atomic E-state index is 0.0559. The van der Waals surface area contributed by atoms with Gasteiger partial charge in [-0.05, 0) is 30.2 Å². The van der Waals surface area contributed by atoms with Crippen LogP contribution in [0.4, 0.5) is 10.5 Å². The molecule has 1 atom stereocenters. The molecule has 0 spiro atoms. The number of Topliss-reactive ketones (excluding diaryl/α,β-unsaturated/α-hetero) is 1. The van der Waals surface area contributed by atoms with E-state index in [2.05, 4.69) is 4.99 Å². The van der Waals surface area contributed by atoms with E-state index in [1.165, 1.54) is 30.3 Å². The summed E-state index contributed by atoms with van der Waals surface area (Å²) < 4.78 is 29.4. The van der Waals surface area contributed by atoms with Gasteiger partial charge in [0.25, 0.3) is 10.1 Å². The molecule has 0 aliphatic rings. The first-order valence-electron chi connectivity index (χ1n) is 8.45. The number of carbonyl (C=O) groups excluding carboxylic acids is 2. The number of nitrogens with zero attached hydrogens (tertiary/aromatic N) is 2. The van der Waals surface area contributed by atoms with E-state index in [0.717, 1.165) is 4.90 Å². The SMILES string of the molecule is C[C@H](COS(=O)(=O)c1ccc(N=C=O)cc1)CN(CC(=O)C(C)(C)C)C(=O)O. The number of hydrogen-bond acceptors (Lipinski definition) is 7. The molecule has 1 aromatic carbocycles. The topological polar surface area (TPSA) is 130 Å². The highest BCUT2D eigenvalue weighted by Crippen LogP contribution is 2.19. The fraction of sp³-hybridized carbons (Fsp3) is 0.500. The molecular formula is C18H24N2O7S. The number of benzene rings is 1. The van der Waals surface area contributed by atoms with Crippen LogP contribution in [0.1, 0.15) is 27.7 Å². The third-order valence-corrected chi connectivity index (χ3v) is 5.08. The molecule has 10 heteroatoms. The van der Waals surface area contributed by atoms with E-state index < -0.39 is 27.5 Å². The maximum atomic E-state index is 12.2. The maximum Gasteiger partial charge on any atom is 0.407 e. The van der Waals surface area contributed by atoms with Crippen molar-refractivity contribution in [1.82, 2.24) is 4.90 Å². The molecule has 0 aromatic heterocycles. The molecule has 0 saturated carbocycles. The molecule has 154 valence electrons. The molecule has 0 fully saturated rings. The van der Waals surface area contributed by atoms with Crippen LogP contribution in [0.5, 0.6) is 0 Å². The van der Waals surface area contributed by atoms with Crippen molar-refractivity contribution in [2.75, 3.05) is 19.7 Å². The Labute approximate surface area is 164 Å². The number of hydrogen-bond donors (Lipinski definition) is 1. The fourth-order valence-electron chi connectivity index (χ4n) is 2.06. The molecule has 1 N–H and O–H groups in total. The Bertz CT molecular complexity index is 851. The minimum Gasteiger partial charge on any atom is -0.465 e. The lowest BCUT2D eigenvalue weighted by molar-refractivity contribution is -0.127. The second kappa shape index (κ2) is 9.59. The molecule has 0 heterocycles.